The molecule has 3 rings (SSSR count). The summed E-state index contributed by atoms with van der Waals surface area (Å²) >= 11 is 0. The Hall–Kier alpha value is -2.28. The van der Waals surface area contributed by atoms with Gasteiger partial charge in [0.25, 0.3) is 0 Å². The van der Waals surface area contributed by atoms with Crippen LogP contribution in [-0.4, -0.2) is 37.3 Å². The summed E-state index contributed by atoms with van der Waals surface area (Å²) in [5, 5.41) is 7.77. The number of nitrogens with zero attached hydrogens (tertiary/aromatic N) is 5. The molecule has 20 heavy (non-hydrogen) atoms. The van der Waals surface area contributed by atoms with E-state index < -0.39 is 0 Å². The lowest BCUT2D eigenvalue weighted by atomic mass is 10.1. The van der Waals surface area contributed by atoms with Gasteiger partial charge in [0.1, 0.15) is 6.54 Å². The molecule has 1 aliphatic heterocycles. The van der Waals surface area contributed by atoms with Gasteiger partial charge in [-0.25, -0.2) is 4.68 Å². The van der Waals surface area contributed by atoms with E-state index in [0.29, 0.717) is 25.3 Å². The summed E-state index contributed by atoms with van der Waals surface area (Å²) in [5.74, 6) is 0.0352. The number of rotatable bonds is 3. The van der Waals surface area contributed by atoms with Gasteiger partial charge in [-0.2, -0.15) is 0 Å². The van der Waals surface area contributed by atoms with Crippen molar-refractivity contribution in [1.82, 2.24) is 24.9 Å². The van der Waals surface area contributed by atoms with Gasteiger partial charge >= 0.3 is 0 Å². The fourth-order valence-corrected chi connectivity index (χ4v) is 2.33. The molecule has 104 valence electrons. The number of carbonyl (C=O) groups is 1. The van der Waals surface area contributed by atoms with Gasteiger partial charge in [0.2, 0.25) is 5.91 Å². The Morgan fingerprint density at radius 3 is 3.15 bits per heavy atom. The second-order valence-corrected chi connectivity index (χ2v) is 4.79. The molecule has 0 bridgehead atoms. The minimum Gasteiger partial charge on any atom is -0.336 e. The molecule has 0 atom stereocenters. The minimum absolute atomic E-state index is 0.0352. The largest absolute Gasteiger partial charge is 0.336 e. The monoisotopic (exact) mass is 272 g/mol. The van der Waals surface area contributed by atoms with E-state index >= 15 is 0 Å². The van der Waals surface area contributed by atoms with Crippen molar-refractivity contribution >= 4 is 5.91 Å². The molecular weight excluding hydrogens is 256 g/mol. The molecule has 0 fully saturated rings. The average molecular weight is 272 g/mol. The molecule has 1 aliphatic rings. The Labute approximate surface area is 116 Å². The SMILES string of the molecule is NCc1cn(CC(=O)N2CCc3ncccc3C2)nn1. The van der Waals surface area contributed by atoms with Gasteiger partial charge < -0.3 is 10.6 Å². The Morgan fingerprint density at radius 2 is 2.35 bits per heavy atom. The lowest BCUT2D eigenvalue weighted by Gasteiger charge is -2.28. The van der Waals surface area contributed by atoms with Crippen LogP contribution in [-0.2, 0) is 30.8 Å². The molecule has 0 saturated heterocycles. The predicted molar refractivity (Wildman–Crippen MR) is 71.3 cm³/mol. The highest BCUT2D eigenvalue weighted by atomic mass is 16.2. The highest BCUT2D eigenvalue weighted by Crippen LogP contribution is 2.16. The summed E-state index contributed by atoms with van der Waals surface area (Å²) in [6.07, 6.45) is 4.30. The highest BCUT2D eigenvalue weighted by Gasteiger charge is 2.21. The summed E-state index contributed by atoms with van der Waals surface area (Å²) in [7, 11) is 0. The second-order valence-electron chi connectivity index (χ2n) is 4.79. The quantitative estimate of drug-likeness (QED) is 0.829. The van der Waals surface area contributed by atoms with Gasteiger partial charge in [0.05, 0.1) is 11.9 Å². The molecule has 3 heterocycles. The number of carbonyl (C=O) groups excluding carboxylic acids is 1. The first-order chi connectivity index (χ1) is 9.76. The van der Waals surface area contributed by atoms with Gasteiger partial charge in [-0.3, -0.25) is 9.78 Å². The van der Waals surface area contributed by atoms with Gasteiger partial charge in [-0.05, 0) is 11.6 Å². The van der Waals surface area contributed by atoms with E-state index in [2.05, 4.69) is 15.3 Å². The van der Waals surface area contributed by atoms with Crippen LogP contribution in [0.5, 0.6) is 0 Å². The Morgan fingerprint density at radius 1 is 1.45 bits per heavy atom. The summed E-state index contributed by atoms with van der Waals surface area (Å²) in [4.78, 5) is 18.4. The second kappa shape index (κ2) is 5.38. The standard InChI is InChI=1S/C13H16N6O/c14-6-11-8-19(17-16-11)9-13(20)18-5-3-12-10(7-18)2-1-4-15-12/h1-2,4,8H,3,5-7,9,14H2. The van der Waals surface area contributed by atoms with Crippen molar-refractivity contribution < 1.29 is 4.79 Å². The third-order valence-corrected chi connectivity index (χ3v) is 3.41. The normalized spacial score (nSPS) is 14.2. The molecule has 0 unspecified atom stereocenters. The zero-order valence-corrected chi connectivity index (χ0v) is 11.1. The van der Waals surface area contributed by atoms with Crippen molar-refractivity contribution in [3.63, 3.8) is 0 Å². The average Bonchev–Trinajstić information content (AvgIpc) is 2.94. The molecule has 2 aromatic rings. The maximum atomic E-state index is 12.3. The molecule has 7 nitrogen and oxygen atoms in total. The fourth-order valence-electron chi connectivity index (χ4n) is 2.33. The number of amides is 1. The third kappa shape index (κ3) is 2.53. The van der Waals surface area contributed by atoms with E-state index in [0.717, 1.165) is 17.7 Å². The number of nitrogens with two attached hydrogens (primary N) is 1. The van der Waals surface area contributed by atoms with Crippen LogP contribution in [0.25, 0.3) is 0 Å². The van der Waals surface area contributed by atoms with Crippen molar-refractivity contribution in [1.29, 1.82) is 0 Å². The molecule has 1 amide bonds. The molecule has 0 aliphatic carbocycles. The van der Waals surface area contributed by atoms with Crippen LogP contribution in [0.1, 0.15) is 17.0 Å². The van der Waals surface area contributed by atoms with E-state index in [-0.39, 0.29) is 12.5 Å². The van der Waals surface area contributed by atoms with Crippen molar-refractivity contribution in [2.75, 3.05) is 6.54 Å². The lowest BCUT2D eigenvalue weighted by Crippen LogP contribution is -2.38. The van der Waals surface area contributed by atoms with Crippen LogP contribution in [0.2, 0.25) is 0 Å². The van der Waals surface area contributed by atoms with Crippen molar-refractivity contribution in [2.45, 2.75) is 26.1 Å². The number of hydrogen-bond acceptors (Lipinski definition) is 5. The Kier molecular flexibility index (Phi) is 3.42. The molecule has 7 heteroatoms. The highest BCUT2D eigenvalue weighted by molar-refractivity contribution is 5.76. The summed E-state index contributed by atoms with van der Waals surface area (Å²) in [5.41, 5.74) is 8.36. The topological polar surface area (TPSA) is 89.9 Å². The predicted octanol–water partition coefficient (Wildman–Crippen LogP) is -0.283. The summed E-state index contributed by atoms with van der Waals surface area (Å²) in [6, 6.07) is 3.92. The van der Waals surface area contributed by atoms with Crippen molar-refractivity contribution in [3.8, 4) is 0 Å². The molecule has 0 spiro atoms. The number of aromatic nitrogens is 4. The van der Waals surface area contributed by atoms with Crippen LogP contribution < -0.4 is 5.73 Å². The smallest absolute Gasteiger partial charge is 0.244 e. The first-order valence-electron chi connectivity index (χ1n) is 6.56. The maximum Gasteiger partial charge on any atom is 0.244 e. The number of pyridine rings is 1. The minimum atomic E-state index is 0.0352. The molecule has 0 radical (unpaired) electrons. The van der Waals surface area contributed by atoms with Crippen LogP contribution in [0, 0.1) is 0 Å². The molecule has 0 saturated carbocycles. The van der Waals surface area contributed by atoms with Crippen LogP contribution in [0.3, 0.4) is 0 Å². The van der Waals surface area contributed by atoms with Crippen molar-refractivity contribution in [2.24, 2.45) is 5.73 Å². The lowest BCUT2D eigenvalue weighted by molar-refractivity contribution is -0.133. The van der Waals surface area contributed by atoms with Gasteiger partial charge in [-0.1, -0.05) is 11.3 Å². The summed E-state index contributed by atoms with van der Waals surface area (Å²) < 4.78 is 1.53. The number of hydrogen-bond donors (Lipinski definition) is 1. The Balaban J connectivity index is 1.67. The first kappa shape index (κ1) is 12.7. The number of fused-ring (bicyclic) bond motifs is 1. The van der Waals surface area contributed by atoms with E-state index in [9.17, 15) is 4.79 Å². The zero-order valence-electron chi connectivity index (χ0n) is 11.1. The van der Waals surface area contributed by atoms with Crippen LogP contribution >= 0.6 is 0 Å². The molecular formula is C13H16N6O. The van der Waals surface area contributed by atoms with E-state index in [1.165, 1.54) is 4.68 Å². The Bertz CT molecular complexity index is 623. The summed E-state index contributed by atoms with van der Waals surface area (Å²) in [6.45, 7) is 1.83. The first-order valence-corrected chi connectivity index (χ1v) is 6.56. The van der Waals surface area contributed by atoms with Gasteiger partial charge in [-0.15, -0.1) is 5.10 Å². The van der Waals surface area contributed by atoms with Crippen LogP contribution in [0.15, 0.2) is 24.5 Å². The molecule has 2 aromatic heterocycles. The molecule has 2 N–H and O–H groups in total. The third-order valence-electron chi connectivity index (χ3n) is 3.41. The van der Waals surface area contributed by atoms with E-state index in [4.69, 9.17) is 5.73 Å². The molecule has 0 aromatic carbocycles. The maximum absolute atomic E-state index is 12.3. The van der Waals surface area contributed by atoms with Crippen LogP contribution in [0.4, 0.5) is 0 Å². The van der Waals surface area contributed by atoms with E-state index in [1.807, 2.05) is 17.0 Å². The van der Waals surface area contributed by atoms with Gasteiger partial charge in [0, 0.05) is 37.9 Å². The zero-order chi connectivity index (χ0) is 13.9. The fraction of sp³-hybridized carbons (Fsp3) is 0.385. The van der Waals surface area contributed by atoms with E-state index in [1.54, 1.807) is 12.4 Å². The van der Waals surface area contributed by atoms with Gasteiger partial charge in [0.15, 0.2) is 0 Å². The van der Waals surface area contributed by atoms with Crippen molar-refractivity contribution in [3.05, 3.63) is 41.5 Å².